The maximum Gasteiger partial charge on any atom is 0.435 e. The first-order chi connectivity index (χ1) is 6.45. The summed E-state index contributed by atoms with van der Waals surface area (Å²) in [6.45, 7) is -0.355. The Hall–Kier alpha value is -1.62. The van der Waals surface area contributed by atoms with E-state index in [-0.39, 0.29) is 12.1 Å². The summed E-state index contributed by atoms with van der Waals surface area (Å²) in [7, 11) is 1.36. The zero-order valence-electron chi connectivity index (χ0n) is 7.17. The Morgan fingerprint density at radius 3 is 2.79 bits per heavy atom. The van der Waals surface area contributed by atoms with Gasteiger partial charge >= 0.3 is 6.18 Å². The fraction of sp³-hybridized carbons (Fsp3) is 0.429. The average Bonchev–Trinajstić information content (AvgIpc) is 2.42. The second-order valence-electron chi connectivity index (χ2n) is 2.58. The van der Waals surface area contributed by atoms with Crippen LogP contribution in [0.5, 0.6) is 0 Å². The van der Waals surface area contributed by atoms with E-state index in [1.807, 2.05) is 0 Å². The van der Waals surface area contributed by atoms with Crippen LogP contribution in [0, 0.1) is 0 Å². The average molecular weight is 205 g/mol. The van der Waals surface area contributed by atoms with Crippen LogP contribution in [0.2, 0.25) is 0 Å². The molecule has 0 aliphatic heterocycles. The Balaban J connectivity index is 3.09. The van der Waals surface area contributed by atoms with E-state index in [4.69, 9.17) is 0 Å². The van der Waals surface area contributed by atoms with Crippen LogP contribution in [0.3, 0.4) is 0 Å². The number of rotatable bonds is 2. The lowest BCUT2D eigenvalue weighted by molar-refractivity contribution is -0.142. The third-order valence-electron chi connectivity index (χ3n) is 1.49. The van der Waals surface area contributed by atoms with Crippen molar-refractivity contribution < 1.29 is 18.0 Å². The highest BCUT2D eigenvalue weighted by molar-refractivity contribution is 5.34. The van der Waals surface area contributed by atoms with Crippen LogP contribution >= 0.6 is 0 Å². The Morgan fingerprint density at radius 1 is 1.64 bits per heavy atom. The molecule has 0 saturated carbocycles. The van der Waals surface area contributed by atoms with Gasteiger partial charge in [-0.15, -0.1) is 0 Å². The number of hydrogen-bond acceptors (Lipinski definition) is 3. The Kier molecular flexibility index (Phi) is 2.71. The normalized spacial score (nSPS) is 11.1. The van der Waals surface area contributed by atoms with Gasteiger partial charge in [0.15, 0.2) is 5.69 Å². The molecule has 0 unspecified atom stereocenters. The van der Waals surface area contributed by atoms with E-state index in [1.54, 1.807) is 0 Å². The number of nitrogens with zero attached hydrogens (tertiary/aromatic N) is 3. The van der Waals surface area contributed by atoms with Gasteiger partial charge in [-0.1, -0.05) is 0 Å². The zero-order chi connectivity index (χ0) is 10.8. The number of aliphatic imine (C=N–C) groups is 1. The summed E-state index contributed by atoms with van der Waals surface area (Å²) < 4.78 is 37.8. The molecule has 1 aromatic heterocycles. The quantitative estimate of drug-likeness (QED) is 0.539. The predicted molar refractivity (Wildman–Crippen MR) is 40.0 cm³/mol. The second-order valence-corrected chi connectivity index (χ2v) is 2.58. The first-order valence-electron chi connectivity index (χ1n) is 3.58. The van der Waals surface area contributed by atoms with Gasteiger partial charge < -0.3 is 0 Å². The number of halogens is 3. The lowest BCUT2D eigenvalue weighted by atomic mass is 10.2. The molecule has 0 atom stereocenters. The van der Waals surface area contributed by atoms with Crippen LogP contribution in [0.15, 0.2) is 11.2 Å². The maximum atomic E-state index is 12.3. The minimum absolute atomic E-state index is 0.136. The van der Waals surface area contributed by atoms with E-state index in [0.717, 1.165) is 4.68 Å². The first kappa shape index (κ1) is 10.5. The molecule has 7 heteroatoms. The minimum atomic E-state index is -4.52. The van der Waals surface area contributed by atoms with Gasteiger partial charge in [0.1, 0.15) is 0 Å². The molecule has 0 aliphatic rings. The predicted octanol–water partition coefficient (Wildman–Crippen LogP) is 1.27. The Morgan fingerprint density at radius 2 is 2.29 bits per heavy atom. The van der Waals surface area contributed by atoms with E-state index in [1.165, 1.54) is 19.3 Å². The summed E-state index contributed by atoms with van der Waals surface area (Å²) in [4.78, 5) is 12.8. The standard InChI is InChI=1S/C7H6F3N3O/c1-13-3-5(2-11-4-14)6(12-13)7(8,9)10/h3H,2H2,1H3. The van der Waals surface area contributed by atoms with Crippen LogP contribution in [0.25, 0.3) is 0 Å². The fourth-order valence-corrected chi connectivity index (χ4v) is 1.01. The van der Waals surface area contributed by atoms with Crippen LogP contribution in [0.1, 0.15) is 11.3 Å². The lowest BCUT2D eigenvalue weighted by Crippen LogP contribution is -2.09. The molecule has 4 nitrogen and oxygen atoms in total. The number of aromatic nitrogens is 2. The maximum absolute atomic E-state index is 12.3. The molecule has 1 aromatic rings. The van der Waals surface area contributed by atoms with E-state index in [2.05, 4.69) is 10.1 Å². The SMILES string of the molecule is Cn1cc(CN=C=O)c(C(F)(F)F)n1. The minimum Gasteiger partial charge on any atom is -0.275 e. The molecular weight excluding hydrogens is 199 g/mol. The van der Waals surface area contributed by atoms with Gasteiger partial charge in [0.25, 0.3) is 0 Å². The van der Waals surface area contributed by atoms with Gasteiger partial charge in [0.2, 0.25) is 6.08 Å². The van der Waals surface area contributed by atoms with Gasteiger partial charge in [0.05, 0.1) is 6.54 Å². The van der Waals surface area contributed by atoms with Crippen molar-refractivity contribution in [3.05, 3.63) is 17.5 Å². The van der Waals surface area contributed by atoms with Gasteiger partial charge in [-0.25, -0.2) is 9.79 Å². The van der Waals surface area contributed by atoms with Gasteiger partial charge in [0, 0.05) is 18.8 Å². The van der Waals surface area contributed by atoms with Gasteiger partial charge in [-0.3, -0.25) is 4.68 Å². The number of carbonyl (C=O) groups excluding carboxylic acids is 1. The van der Waals surface area contributed by atoms with Crippen molar-refractivity contribution in [2.75, 3.05) is 0 Å². The molecule has 14 heavy (non-hydrogen) atoms. The fourth-order valence-electron chi connectivity index (χ4n) is 1.01. The van der Waals surface area contributed by atoms with E-state index in [9.17, 15) is 18.0 Å². The summed E-state index contributed by atoms with van der Waals surface area (Å²) in [5, 5.41) is 3.24. The third kappa shape index (κ3) is 2.20. The molecule has 0 bridgehead atoms. The highest BCUT2D eigenvalue weighted by Crippen LogP contribution is 2.30. The first-order valence-corrected chi connectivity index (χ1v) is 3.58. The monoisotopic (exact) mass is 205 g/mol. The molecule has 1 rings (SSSR count). The zero-order valence-corrected chi connectivity index (χ0v) is 7.17. The van der Waals surface area contributed by atoms with E-state index < -0.39 is 11.9 Å². The Bertz CT molecular complexity index is 376. The smallest absolute Gasteiger partial charge is 0.275 e. The van der Waals surface area contributed by atoms with Gasteiger partial charge in [-0.05, 0) is 0 Å². The van der Waals surface area contributed by atoms with Crippen molar-refractivity contribution in [3.8, 4) is 0 Å². The second kappa shape index (κ2) is 3.63. The third-order valence-corrected chi connectivity index (χ3v) is 1.49. The summed E-state index contributed by atoms with van der Waals surface area (Å²) in [5.41, 5.74) is -1.15. The van der Waals surface area contributed by atoms with Crippen molar-refractivity contribution in [3.63, 3.8) is 0 Å². The molecule has 0 spiro atoms. The van der Waals surface area contributed by atoms with Crippen molar-refractivity contribution in [2.24, 2.45) is 12.0 Å². The Labute approximate surface area is 77.1 Å². The molecule has 0 aromatic carbocycles. The van der Waals surface area contributed by atoms with Crippen molar-refractivity contribution >= 4 is 6.08 Å². The molecule has 0 amide bonds. The number of isocyanates is 1. The topological polar surface area (TPSA) is 47.2 Å². The highest BCUT2D eigenvalue weighted by atomic mass is 19.4. The van der Waals surface area contributed by atoms with E-state index >= 15 is 0 Å². The van der Waals surface area contributed by atoms with Crippen molar-refractivity contribution in [2.45, 2.75) is 12.7 Å². The van der Waals surface area contributed by atoms with E-state index in [0.29, 0.717) is 0 Å². The molecule has 0 N–H and O–H groups in total. The van der Waals surface area contributed by atoms with Crippen LogP contribution < -0.4 is 0 Å². The lowest BCUT2D eigenvalue weighted by Gasteiger charge is -2.02. The highest BCUT2D eigenvalue weighted by Gasteiger charge is 2.36. The summed E-state index contributed by atoms with van der Waals surface area (Å²) in [6.07, 6.45) is -2.17. The molecule has 76 valence electrons. The number of alkyl halides is 3. The summed E-state index contributed by atoms with van der Waals surface area (Å²) >= 11 is 0. The molecular formula is C7H6F3N3O. The van der Waals surface area contributed by atoms with Crippen LogP contribution in [-0.2, 0) is 24.6 Å². The van der Waals surface area contributed by atoms with Crippen molar-refractivity contribution in [1.82, 2.24) is 9.78 Å². The van der Waals surface area contributed by atoms with Crippen LogP contribution in [0.4, 0.5) is 13.2 Å². The largest absolute Gasteiger partial charge is 0.435 e. The molecule has 0 aliphatic carbocycles. The summed E-state index contributed by atoms with van der Waals surface area (Å²) in [5.74, 6) is 0. The number of hydrogen-bond donors (Lipinski definition) is 0. The van der Waals surface area contributed by atoms with Crippen LogP contribution in [-0.4, -0.2) is 15.9 Å². The summed E-state index contributed by atoms with van der Waals surface area (Å²) in [6, 6.07) is 0. The molecule has 0 radical (unpaired) electrons. The number of aryl methyl sites for hydroxylation is 1. The molecule has 0 fully saturated rings. The van der Waals surface area contributed by atoms with Crippen molar-refractivity contribution in [1.29, 1.82) is 0 Å². The molecule has 0 saturated heterocycles. The molecule has 1 heterocycles. The van der Waals surface area contributed by atoms with Gasteiger partial charge in [-0.2, -0.15) is 18.3 Å².